The molecule has 0 aliphatic heterocycles. The smallest absolute Gasteiger partial charge is 0.185 e. The molecule has 23 heavy (non-hydrogen) atoms. The van der Waals surface area contributed by atoms with Gasteiger partial charge in [-0.2, -0.15) is 0 Å². The minimum atomic E-state index is -3.57. The summed E-state index contributed by atoms with van der Waals surface area (Å²) in [7, 11) is -2.06. The third-order valence-electron chi connectivity index (χ3n) is 3.38. The zero-order chi connectivity index (χ0) is 17.3. The normalized spacial score (nSPS) is 12.2. The van der Waals surface area contributed by atoms with Gasteiger partial charge in [0.15, 0.2) is 9.84 Å². The lowest BCUT2D eigenvalue weighted by molar-refractivity contribution is 0.389. The van der Waals surface area contributed by atoms with Crippen molar-refractivity contribution in [2.75, 3.05) is 7.11 Å². The fourth-order valence-electron chi connectivity index (χ4n) is 2.25. The number of rotatable bonds is 4. The van der Waals surface area contributed by atoms with Crippen LogP contribution >= 0.6 is 0 Å². The van der Waals surface area contributed by atoms with Gasteiger partial charge in [-0.1, -0.05) is 20.8 Å². The molecule has 2 aromatic rings. The van der Waals surface area contributed by atoms with E-state index in [0.717, 1.165) is 5.69 Å². The fraction of sp³-hybridized carbons (Fsp3) is 0.438. The van der Waals surface area contributed by atoms with E-state index in [9.17, 15) is 8.42 Å². The quantitative estimate of drug-likeness (QED) is 0.853. The maximum Gasteiger partial charge on any atom is 0.185 e. The fourth-order valence-corrected chi connectivity index (χ4v) is 3.75. The number of pyridine rings is 1. The number of methoxy groups -OCH3 is 1. The molecule has 6 nitrogen and oxygen atoms in total. The van der Waals surface area contributed by atoms with Crippen LogP contribution in [0.15, 0.2) is 29.6 Å². The molecule has 2 aromatic heterocycles. The molecule has 7 heteroatoms. The third-order valence-corrected chi connectivity index (χ3v) is 5.14. The van der Waals surface area contributed by atoms with Gasteiger partial charge in [0.2, 0.25) is 0 Å². The number of hydrogen-bond acceptors (Lipinski definition) is 6. The summed E-state index contributed by atoms with van der Waals surface area (Å²) in [5.74, 6) is 0.278. The summed E-state index contributed by atoms with van der Waals surface area (Å²) in [6.07, 6.45) is 2.85. The summed E-state index contributed by atoms with van der Waals surface area (Å²) in [4.78, 5) is 12.4. The Bertz CT molecular complexity index is 797. The number of aromatic nitrogens is 3. The van der Waals surface area contributed by atoms with Crippen molar-refractivity contribution in [2.24, 2.45) is 0 Å². The lowest BCUT2D eigenvalue weighted by Gasteiger charge is -2.22. The van der Waals surface area contributed by atoms with E-state index in [4.69, 9.17) is 4.74 Å². The lowest BCUT2D eigenvalue weighted by atomic mass is 9.91. The van der Waals surface area contributed by atoms with Crippen LogP contribution in [0.1, 0.15) is 37.9 Å². The second-order valence-corrected chi connectivity index (χ2v) is 8.29. The van der Waals surface area contributed by atoms with Crippen molar-refractivity contribution in [1.82, 2.24) is 15.0 Å². The van der Waals surface area contributed by atoms with Crippen molar-refractivity contribution >= 4 is 9.84 Å². The van der Waals surface area contributed by atoms with Gasteiger partial charge in [-0.25, -0.2) is 18.4 Å². The van der Waals surface area contributed by atoms with Gasteiger partial charge < -0.3 is 4.74 Å². The molecule has 0 atom stereocenters. The van der Waals surface area contributed by atoms with Crippen molar-refractivity contribution in [3.8, 4) is 5.75 Å². The molecule has 0 unspecified atom stereocenters. The van der Waals surface area contributed by atoms with Crippen molar-refractivity contribution < 1.29 is 13.2 Å². The molecule has 0 spiro atoms. The molecule has 0 amide bonds. The molecule has 0 bridgehead atoms. The van der Waals surface area contributed by atoms with Crippen LogP contribution in [-0.2, 0) is 21.0 Å². The van der Waals surface area contributed by atoms with E-state index >= 15 is 0 Å². The van der Waals surface area contributed by atoms with Crippen LogP contribution in [0.2, 0.25) is 0 Å². The van der Waals surface area contributed by atoms with Crippen LogP contribution in [0.3, 0.4) is 0 Å². The van der Waals surface area contributed by atoms with Crippen molar-refractivity contribution in [3.05, 3.63) is 41.7 Å². The van der Waals surface area contributed by atoms with Gasteiger partial charge >= 0.3 is 0 Å². The topological polar surface area (TPSA) is 82.0 Å². The number of sulfone groups is 1. The summed E-state index contributed by atoms with van der Waals surface area (Å²) in [5.41, 5.74) is 1.40. The second-order valence-electron chi connectivity index (χ2n) is 6.33. The van der Waals surface area contributed by atoms with E-state index in [0.29, 0.717) is 17.1 Å². The Morgan fingerprint density at radius 3 is 2.48 bits per heavy atom. The lowest BCUT2D eigenvalue weighted by Crippen LogP contribution is -2.18. The van der Waals surface area contributed by atoms with E-state index < -0.39 is 9.84 Å². The number of aryl methyl sites for hydroxylation is 1. The zero-order valence-electron chi connectivity index (χ0n) is 14.0. The molecule has 0 saturated heterocycles. The minimum absolute atomic E-state index is 0.168. The minimum Gasteiger partial charge on any atom is -0.495 e. The van der Waals surface area contributed by atoms with E-state index in [2.05, 4.69) is 15.0 Å². The first-order chi connectivity index (χ1) is 10.6. The molecule has 0 aliphatic carbocycles. The van der Waals surface area contributed by atoms with Crippen LogP contribution in [0, 0.1) is 6.92 Å². The van der Waals surface area contributed by atoms with Gasteiger partial charge in [-0.3, -0.25) is 4.98 Å². The molecule has 0 aromatic carbocycles. The predicted molar refractivity (Wildman–Crippen MR) is 87.1 cm³/mol. The van der Waals surface area contributed by atoms with E-state index in [1.807, 2.05) is 20.8 Å². The van der Waals surface area contributed by atoms with Gasteiger partial charge in [0.25, 0.3) is 0 Å². The largest absolute Gasteiger partial charge is 0.495 e. The second kappa shape index (κ2) is 6.23. The molecule has 0 aliphatic rings. The van der Waals surface area contributed by atoms with Crippen molar-refractivity contribution in [3.63, 3.8) is 0 Å². The van der Waals surface area contributed by atoms with E-state index in [1.54, 1.807) is 19.1 Å². The highest BCUT2D eigenvalue weighted by atomic mass is 32.2. The Kier molecular flexibility index (Phi) is 4.70. The van der Waals surface area contributed by atoms with Crippen LogP contribution in [0.5, 0.6) is 5.75 Å². The van der Waals surface area contributed by atoms with Gasteiger partial charge in [-0.05, 0) is 13.0 Å². The summed E-state index contributed by atoms with van der Waals surface area (Å²) in [6.45, 7) is 7.71. The SMILES string of the molecule is COc1cc(S(=O)(=O)Cc2ccncn2)c(C)nc1C(C)(C)C. The first-order valence-electron chi connectivity index (χ1n) is 7.19. The molecule has 2 heterocycles. The summed E-state index contributed by atoms with van der Waals surface area (Å²) in [6, 6.07) is 3.14. The van der Waals surface area contributed by atoms with Gasteiger partial charge in [0.1, 0.15) is 12.1 Å². The highest BCUT2D eigenvalue weighted by molar-refractivity contribution is 7.90. The zero-order valence-corrected chi connectivity index (χ0v) is 14.8. The molecule has 2 rings (SSSR count). The Morgan fingerprint density at radius 2 is 1.96 bits per heavy atom. The molecule has 0 radical (unpaired) electrons. The van der Waals surface area contributed by atoms with Crippen LogP contribution in [0.4, 0.5) is 0 Å². The van der Waals surface area contributed by atoms with Gasteiger partial charge in [0.05, 0.1) is 34.8 Å². The van der Waals surface area contributed by atoms with Crippen LogP contribution < -0.4 is 4.74 Å². The Hall–Kier alpha value is -2.02. The monoisotopic (exact) mass is 335 g/mol. The molecule has 0 N–H and O–H groups in total. The maximum atomic E-state index is 12.7. The molecular formula is C16H21N3O3S. The van der Waals surface area contributed by atoms with Crippen molar-refractivity contribution in [2.45, 2.75) is 43.8 Å². The van der Waals surface area contributed by atoms with E-state index in [1.165, 1.54) is 19.6 Å². The Morgan fingerprint density at radius 1 is 1.26 bits per heavy atom. The van der Waals surface area contributed by atoms with Crippen molar-refractivity contribution in [1.29, 1.82) is 0 Å². The standard InChI is InChI=1S/C16H21N3O3S/c1-11-14(8-13(22-5)15(19-11)16(2,3)4)23(20,21)9-12-6-7-17-10-18-12/h6-8,10H,9H2,1-5H3. The number of hydrogen-bond donors (Lipinski definition) is 0. The third kappa shape index (κ3) is 3.85. The average Bonchev–Trinajstić information content (AvgIpc) is 2.46. The first kappa shape index (κ1) is 17.3. The number of ether oxygens (including phenoxy) is 1. The van der Waals surface area contributed by atoms with Crippen LogP contribution in [0.25, 0.3) is 0 Å². The highest BCUT2D eigenvalue weighted by Gasteiger charge is 2.26. The molecule has 0 fully saturated rings. The highest BCUT2D eigenvalue weighted by Crippen LogP contribution is 2.33. The summed E-state index contributed by atoms with van der Waals surface area (Å²) in [5, 5.41) is 0. The van der Waals surface area contributed by atoms with Crippen LogP contribution in [-0.4, -0.2) is 30.5 Å². The Labute approximate surface area is 136 Å². The summed E-state index contributed by atoms with van der Waals surface area (Å²) < 4.78 is 30.8. The van der Waals surface area contributed by atoms with Gasteiger partial charge in [0, 0.05) is 17.7 Å². The molecule has 124 valence electrons. The maximum absolute atomic E-state index is 12.7. The average molecular weight is 335 g/mol. The molecule has 0 saturated carbocycles. The molecular weight excluding hydrogens is 314 g/mol. The van der Waals surface area contributed by atoms with E-state index in [-0.39, 0.29) is 16.1 Å². The predicted octanol–water partition coefficient (Wildman–Crippen LogP) is 2.46. The first-order valence-corrected chi connectivity index (χ1v) is 8.84. The number of nitrogens with zero attached hydrogens (tertiary/aromatic N) is 3. The van der Waals surface area contributed by atoms with Gasteiger partial charge in [-0.15, -0.1) is 0 Å². The summed E-state index contributed by atoms with van der Waals surface area (Å²) >= 11 is 0. The Balaban J connectivity index is 2.51.